The average molecular weight is 389 g/mol. The minimum absolute atomic E-state index is 0.00182. The Morgan fingerprint density at radius 2 is 1.86 bits per heavy atom. The maximum Gasteiger partial charge on any atom is 0.254 e. The third-order valence-electron chi connectivity index (χ3n) is 5.32. The summed E-state index contributed by atoms with van der Waals surface area (Å²) in [5, 5.41) is 1.01. The van der Waals surface area contributed by atoms with Gasteiger partial charge in [0.05, 0.1) is 12.8 Å². The number of hydrogen-bond donors (Lipinski definition) is 0. The number of hydrogen-bond acceptors (Lipinski definition) is 4. The SMILES string of the molecule is CCN1CCN(C(=O)c2ccc(-c3ccc4cccc(OC)c4n3)cc2)CC1=O. The molecule has 3 aromatic rings. The van der Waals surface area contributed by atoms with E-state index in [9.17, 15) is 9.59 Å². The number of methoxy groups -OCH3 is 1. The maximum atomic E-state index is 12.8. The van der Waals surface area contributed by atoms with Crippen molar-refractivity contribution >= 4 is 22.7 Å². The van der Waals surface area contributed by atoms with Gasteiger partial charge in [-0.1, -0.05) is 30.3 Å². The first kappa shape index (κ1) is 18.9. The summed E-state index contributed by atoms with van der Waals surface area (Å²) in [7, 11) is 1.63. The van der Waals surface area contributed by atoms with Crippen molar-refractivity contribution in [1.29, 1.82) is 0 Å². The molecule has 0 N–H and O–H groups in total. The second kappa shape index (κ2) is 7.91. The van der Waals surface area contributed by atoms with E-state index in [1.807, 2.05) is 49.4 Å². The minimum Gasteiger partial charge on any atom is -0.494 e. The number of aromatic nitrogens is 1. The fraction of sp³-hybridized carbons (Fsp3) is 0.261. The van der Waals surface area contributed by atoms with Gasteiger partial charge in [-0.2, -0.15) is 0 Å². The van der Waals surface area contributed by atoms with Gasteiger partial charge >= 0.3 is 0 Å². The highest BCUT2D eigenvalue weighted by Gasteiger charge is 2.26. The molecule has 29 heavy (non-hydrogen) atoms. The van der Waals surface area contributed by atoms with Gasteiger partial charge in [0, 0.05) is 36.1 Å². The van der Waals surface area contributed by atoms with Gasteiger partial charge in [0.2, 0.25) is 5.91 Å². The third kappa shape index (κ3) is 3.66. The number of nitrogens with zero attached hydrogens (tertiary/aromatic N) is 3. The molecule has 1 fully saturated rings. The van der Waals surface area contributed by atoms with Crippen molar-refractivity contribution < 1.29 is 14.3 Å². The van der Waals surface area contributed by atoms with Crippen LogP contribution in [0.25, 0.3) is 22.2 Å². The van der Waals surface area contributed by atoms with Gasteiger partial charge in [-0.25, -0.2) is 4.98 Å². The van der Waals surface area contributed by atoms with Crippen molar-refractivity contribution in [1.82, 2.24) is 14.8 Å². The van der Waals surface area contributed by atoms with Crippen LogP contribution in [0.2, 0.25) is 0 Å². The molecule has 0 spiro atoms. The highest BCUT2D eigenvalue weighted by molar-refractivity contribution is 5.97. The largest absolute Gasteiger partial charge is 0.494 e. The number of amides is 2. The Hall–Kier alpha value is -3.41. The molecule has 4 rings (SSSR count). The summed E-state index contributed by atoms with van der Waals surface area (Å²) in [5.41, 5.74) is 3.11. The highest BCUT2D eigenvalue weighted by Crippen LogP contribution is 2.27. The Morgan fingerprint density at radius 1 is 1.07 bits per heavy atom. The summed E-state index contributed by atoms with van der Waals surface area (Å²) in [4.78, 5) is 33.0. The van der Waals surface area contributed by atoms with E-state index in [1.165, 1.54) is 0 Å². The van der Waals surface area contributed by atoms with Gasteiger partial charge < -0.3 is 14.5 Å². The van der Waals surface area contributed by atoms with Crippen LogP contribution >= 0.6 is 0 Å². The van der Waals surface area contributed by atoms with Crippen LogP contribution in [0.4, 0.5) is 0 Å². The third-order valence-corrected chi connectivity index (χ3v) is 5.32. The molecule has 0 unspecified atom stereocenters. The second-order valence-corrected chi connectivity index (χ2v) is 7.01. The summed E-state index contributed by atoms with van der Waals surface area (Å²) in [6.07, 6.45) is 0. The average Bonchev–Trinajstić information content (AvgIpc) is 2.77. The number of para-hydroxylation sites is 1. The quantitative estimate of drug-likeness (QED) is 0.687. The predicted octanol–water partition coefficient (Wildman–Crippen LogP) is 3.21. The van der Waals surface area contributed by atoms with Gasteiger partial charge in [-0.3, -0.25) is 9.59 Å². The van der Waals surface area contributed by atoms with Gasteiger partial charge in [-0.05, 0) is 31.2 Å². The summed E-state index contributed by atoms with van der Waals surface area (Å²) in [5.74, 6) is 0.610. The zero-order chi connectivity index (χ0) is 20.4. The number of rotatable bonds is 4. The van der Waals surface area contributed by atoms with E-state index in [0.29, 0.717) is 25.2 Å². The number of carbonyl (C=O) groups is 2. The van der Waals surface area contributed by atoms with Crippen LogP contribution in [-0.2, 0) is 4.79 Å². The molecule has 1 saturated heterocycles. The Morgan fingerprint density at radius 3 is 2.55 bits per heavy atom. The van der Waals surface area contributed by atoms with Gasteiger partial charge in [0.25, 0.3) is 5.91 Å². The van der Waals surface area contributed by atoms with Crippen molar-refractivity contribution in [2.24, 2.45) is 0 Å². The minimum atomic E-state index is -0.117. The topological polar surface area (TPSA) is 62.7 Å². The zero-order valence-corrected chi connectivity index (χ0v) is 16.6. The first-order valence-electron chi connectivity index (χ1n) is 9.72. The zero-order valence-electron chi connectivity index (χ0n) is 16.6. The number of ether oxygens (including phenoxy) is 1. The van der Waals surface area contributed by atoms with Gasteiger partial charge in [-0.15, -0.1) is 0 Å². The number of fused-ring (bicyclic) bond motifs is 1. The lowest BCUT2D eigenvalue weighted by atomic mass is 10.1. The van der Waals surface area contributed by atoms with Crippen molar-refractivity contribution in [2.75, 3.05) is 33.3 Å². The molecule has 6 nitrogen and oxygen atoms in total. The Bertz CT molecular complexity index is 1060. The lowest BCUT2D eigenvalue weighted by Gasteiger charge is -2.33. The van der Waals surface area contributed by atoms with Crippen LogP contribution in [0.1, 0.15) is 17.3 Å². The summed E-state index contributed by atoms with van der Waals surface area (Å²) in [6, 6.07) is 17.2. The molecule has 1 aromatic heterocycles. The maximum absolute atomic E-state index is 12.8. The van der Waals surface area contributed by atoms with E-state index in [0.717, 1.165) is 27.9 Å². The van der Waals surface area contributed by atoms with Crippen LogP contribution in [0.3, 0.4) is 0 Å². The predicted molar refractivity (Wildman–Crippen MR) is 112 cm³/mol. The Labute approximate surface area is 169 Å². The molecule has 1 aliphatic rings. The van der Waals surface area contributed by atoms with Crippen LogP contribution in [-0.4, -0.2) is 59.9 Å². The second-order valence-electron chi connectivity index (χ2n) is 7.01. The summed E-state index contributed by atoms with van der Waals surface area (Å²) in [6.45, 7) is 3.91. The number of benzene rings is 2. The van der Waals surface area contributed by atoms with E-state index in [1.54, 1.807) is 29.0 Å². The van der Waals surface area contributed by atoms with Crippen molar-refractivity contribution in [3.05, 3.63) is 60.2 Å². The molecule has 2 heterocycles. The molecule has 0 bridgehead atoms. The first-order valence-corrected chi connectivity index (χ1v) is 9.72. The van der Waals surface area contributed by atoms with E-state index in [4.69, 9.17) is 9.72 Å². The van der Waals surface area contributed by atoms with Crippen LogP contribution in [0, 0.1) is 0 Å². The lowest BCUT2D eigenvalue weighted by molar-refractivity contribution is -0.134. The molecule has 0 radical (unpaired) electrons. The number of piperazine rings is 1. The molecular weight excluding hydrogens is 366 g/mol. The molecule has 2 amide bonds. The molecular formula is C23H23N3O3. The molecule has 148 valence electrons. The Balaban J connectivity index is 1.56. The summed E-state index contributed by atoms with van der Waals surface area (Å²) < 4.78 is 5.42. The number of likely N-dealkylation sites (N-methyl/N-ethyl adjacent to an activating group) is 1. The fourth-order valence-electron chi connectivity index (χ4n) is 3.63. The normalized spacial score (nSPS) is 14.3. The van der Waals surface area contributed by atoms with E-state index >= 15 is 0 Å². The lowest BCUT2D eigenvalue weighted by Crippen LogP contribution is -2.52. The highest BCUT2D eigenvalue weighted by atomic mass is 16.5. The van der Waals surface area contributed by atoms with Gasteiger partial charge in [0.1, 0.15) is 17.8 Å². The van der Waals surface area contributed by atoms with Crippen LogP contribution < -0.4 is 4.74 Å². The standard InChI is InChI=1S/C23H23N3O3/c1-3-25-13-14-26(15-21(25)27)23(28)18-9-7-16(8-10-18)19-12-11-17-5-4-6-20(29-2)22(17)24-19/h4-12H,3,13-15H2,1-2H3. The van der Waals surface area contributed by atoms with E-state index in [-0.39, 0.29) is 18.4 Å². The monoisotopic (exact) mass is 389 g/mol. The molecule has 0 atom stereocenters. The fourth-order valence-corrected chi connectivity index (χ4v) is 3.63. The van der Waals surface area contributed by atoms with Crippen molar-refractivity contribution in [3.8, 4) is 17.0 Å². The number of carbonyl (C=O) groups excluding carboxylic acids is 2. The summed E-state index contributed by atoms with van der Waals surface area (Å²) >= 11 is 0. The van der Waals surface area contributed by atoms with Crippen LogP contribution in [0.15, 0.2) is 54.6 Å². The smallest absolute Gasteiger partial charge is 0.254 e. The molecule has 2 aromatic carbocycles. The van der Waals surface area contributed by atoms with Crippen molar-refractivity contribution in [2.45, 2.75) is 6.92 Å². The Kier molecular flexibility index (Phi) is 5.16. The number of pyridine rings is 1. The van der Waals surface area contributed by atoms with E-state index in [2.05, 4.69) is 0 Å². The van der Waals surface area contributed by atoms with E-state index < -0.39 is 0 Å². The van der Waals surface area contributed by atoms with Crippen molar-refractivity contribution in [3.63, 3.8) is 0 Å². The molecule has 0 aliphatic carbocycles. The first-order chi connectivity index (χ1) is 14.1. The molecule has 0 saturated carbocycles. The van der Waals surface area contributed by atoms with Crippen LogP contribution in [0.5, 0.6) is 5.75 Å². The molecule has 1 aliphatic heterocycles. The molecule has 6 heteroatoms. The van der Waals surface area contributed by atoms with Gasteiger partial charge in [0.15, 0.2) is 0 Å².